The number of nitrogens with zero attached hydrogens (tertiary/aromatic N) is 1. The molecule has 2 N–H and O–H groups in total. The Kier molecular flexibility index (Phi) is 3.24. The van der Waals surface area contributed by atoms with Crippen molar-refractivity contribution in [3.05, 3.63) is 17.8 Å². The number of hydrogen-bond acceptors (Lipinski definition) is 4. The van der Waals surface area contributed by atoms with E-state index in [1.54, 1.807) is 6.92 Å². The van der Waals surface area contributed by atoms with Crippen molar-refractivity contribution in [2.75, 3.05) is 13.1 Å². The van der Waals surface area contributed by atoms with Gasteiger partial charge in [-0.25, -0.2) is 4.98 Å². The van der Waals surface area contributed by atoms with E-state index in [0.29, 0.717) is 17.4 Å². The molecule has 2 atom stereocenters. The molecule has 1 amide bonds. The molecule has 5 nitrogen and oxygen atoms in total. The van der Waals surface area contributed by atoms with Gasteiger partial charge in [0.15, 0.2) is 12.1 Å². The molecule has 1 fully saturated rings. The van der Waals surface area contributed by atoms with Crippen LogP contribution in [0, 0.1) is 12.8 Å². The Bertz CT molecular complexity index is 375. The molecule has 88 valence electrons. The molecule has 0 aliphatic carbocycles. The molecule has 0 radical (unpaired) electrons. The van der Waals surface area contributed by atoms with Crippen LogP contribution in [0.3, 0.4) is 0 Å². The van der Waals surface area contributed by atoms with Gasteiger partial charge >= 0.3 is 0 Å². The van der Waals surface area contributed by atoms with Crippen molar-refractivity contribution in [2.24, 2.45) is 5.92 Å². The van der Waals surface area contributed by atoms with Gasteiger partial charge in [0.2, 0.25) is 0 Å². The summed E-state index contributed by atoms with van der Waals surface area (Å²) in [7, 11) is 0. The molecule has 2 unspecified atom stereocenters. The fourth-order valence-corrected chi connectivity index (χ4v) is 1.99. The lowest BCUT2D eigenvalue weighted by Crippen LogP contribution is -2.48. The summed E-state index contributed by atoms with van der Waals surface area (Å²) in [5.41, 5.74) is 0.394. The van der Waals surface area contributed by atoms with Gasteiger partial charge in [0.05, 0.1) is 0 Å². The quantitative estimate of drug-likeness (QED) is 0.775. The van der Waals surface area contributed by atoms with E-state index < -0.39 is 0 Å². The van der Waals surface area contributed by atoms with E-state index in [4.69, 9.17) is 4.42 Å². The van der Waals surface area contributed by atoms with E-state index in [1.807, 2.05) is 0 Å². The lowest BCUT2D eigenvalue weighted by molar-refractivity contribution is 0.0908. The fraction of sp³-hybridized carbons (Fsp3) is 0.636. The minimum Gasteiger partial charge on any atom is -0.448 e. The molecule has 1 aliphatic rings. The van der Waals surface area contributed by atoms with Crippen LogP contribution in [0.2, 0.25) is 0 Å². The fourth-order valence-electron chi connectivity index (χ4n) is 1.99. The molecule has 0 aromatic carbocycles. The van der Waals surface area contributed by atoms with Crippen molar-refractivity contribution < 1.29 is 9.21 Å². The number of piperidine rings is 1. The largest absolute Gasteiger partial charge is 0.448 e. The highest BCUT2D eigenvalue weighted by atomic mass is 16.3. The molecule has 0 bridgehead atoms. The molecular formula is C11H17N3O2. The molecule has 1 saturated heterocycles. The lowest BCUT2D eigenvalue weighted by atomic mass is 9.95. The van der Waals surface area contributed by atoms with Crippen LogP contribution in [-0.2, 0) is 0 Å². The molecular weight excluding hydrogens is 206 g/mol. The Morgan fingerprint density at radius 3 is 3.12 bits per heavy atom. The maximum Gasteiger partial charge on any atom is 0.273 e. The van der Waals surface area contributed by atoms with Gasteiger partial charge in [-0.3, -0.25) is 4.79 Å². The summed E-state index contributed by atoms with van der Waals surface area (Å²) in [5, 5.41) is 6.31. The van der Waals surface area contributed by atoms with Crippen molar-refractivity contribution >= 4 is 5.91 Å². The number of carbonyl (C=O) groups excluding carboxylic acids is 1. The third-order valence-electron chi connectivity index (χ3n) is 3.06. The molecule has 16 heavy (non-hydrogen) atoms. The summed E-state index contributed by atoms with van der Waals surface area (Å²) >= 11 is 0. The summed E-state index contributed by atoms with van der Waals surface area (Å²) in [6.07, 6.45) is 2.26. The van der Waals surface area contributed by atoms with Gasteiger partial charge in [0.1, 0.15) is 5.76 Å². The third kappa shape index (κ3) is 2.24. The van der Waals surface area contributed by atoms with Gasteiger partial charge < -0.3 is 15.1 Å². The van der Waals surface area contributed by atoms with Crippen LogP contribution >= 0.6 is 0 Å². The zero-order chi connectivity index (χ0) is 11.5. The second kappa shape index (κ2) is 4.65. The van der Waals surface area contributed by atoms with E-state index in [1.165, 1.54) is 6.39 Å². The first-order chi connectivity index (χ1) is 7.68. The molecule has 1 aliphatic heterocycles. The first kappa shape index (κ1) is 11.1. The second-order valence-corrected chi connectivity index (χ2v) is 4.31. The van der Waals surface area contributed by atoms with E-state index in [9.17, 15) is 4.79 Å². The molecule has 0 spiro atoms. The molecule has 1 aromatic heterocycles. The summed E-state index contributed by atoms with van der Waals surface area (Å²) < 4.78 is 5.02. The maximum absolute atomic E-state index is 11.9. The van der Waals surface area contributed by atoms with Crippen molar-refractivity contribution in [1.29, 1.82) is 0 Å². The summed E-state index contributed by atoms with van der Waals surface area (Å²) in [6.45, 7) is 5.77. The lowest BCUT2D eigenvalue weighted by Gasteiger charge is -2.29. The van der Waals surface area contributed by atoms with E-state index in [0.717, 1.165) is 19.5 Å². The molecule has 1 aromatic rings. The average Bonchev–Trinajstić information content (AvgIpc) is 2.68. The highest BCUT2D eigenvalue weighted by molar-refractivity contribution is 5.93. The topological polar surface area (TPSA) is 67.2 Å². The number of aromatic nitrogens is 1. The standard InChI is InChI=1S/C11H17N3O2/c1-7-5-12-4-3-9(7)14-11(15)10-8(2)16-6-13-10/h6-7,9,12H,3-5H2,1-2H3,(H,14,15). The van der Waals surface area contributed by atoms with Crippen molar-refractivity contribution in [1.82, 2.24) is 15.6 Å². The monoisotopic (exact) mass is 223 g/mol. The average molecular weight is 223 g/mol. The van der Waals surface area contributed by atoms with Gasteiger partial charge in [0, 0.05) is 6.04 Å². The minimum absolute atomic E-state index is 0.134. The van der Waals surface area contributed by atoms with Crippen molar-refractivity contribution in [2.45, 2.75) is 26.3 Å². The van der Waals surface area contributed by atoms with Crippen LogP contribution < -0.4 is 10.6 Å². The SMILES string of the molecule is Cc1ocnc1C(=O)NC1CCNCC1C. The van der Waals surface area contributed by atoms with Crippen molar-refractivity contribution in [3.8, 4) is 0 Å². The Hall–Kier alpha value is -1.36. The van der Waals surface area contributed by atoms with Crippen molar-refractivity contribution in [3.63, 3.8) is 0 Å². The molecule has 2 heterocycles. The van der Waals surface area contributed by atoms with E-state index >= 15 is 0 Å². The Balaban J connectivity index is 1.99. The maximum atomic E-state index is 11.9. The molecule has 2 rings (SSSR count). The first-order valence-corrected chi connectivity index (χ1v) is 5.60. The van der Waals surface area contributed by atoms with Gasteiger partial charge in [-0.1, -0.05) is 6.92 Å². The van der Waals surface area contributed by atoms with Gasteiger partial charge in [0.25, 0.3) is 5.91 Å². The number of carbonyl (C=O) groups is 1. The van der Waals surface area contributed by atoms with Crippen LogP contribution in [0.15, 0.2) is 10.8 Å². The minimum atomic E-state index is -0.134. The highest BCUT2D eigenvalue weighted by Crippen LogP contribution is 2.12. The predicted octanol–water partition coefficient (Wildman–Crippen LogP) is 0.711. The Morgan fingerprint density at radius 2 is 2.50 bits per heavy atom. The summed E-state index contributed by atoms with van der Waals surface area (Å²) in [5.74, 6) is 0.883. The Labute approximate surface area is 94.6 Å². The summed E-state index contributed by atoms with van der Waals surface area (Å²) in [6, 6.07) is 0.227. The number of aryl methyl sites for hydroxylation is 1. The molecule has 5 heteroatoms. The predicted molar refractivity (Wildman–Crippen MR) is 59.1 cm³/mol. The zero-order valence-electron chi connectivity index (χ0n) is 9.62. The number of oxazole rings is 1. The smallest absolute Gasteiger partial charge is 0.273 e. The summed E-state index contributed by atoms with van der Waals surface area (Å²) in [4.78, 5) is 15.8. The Morgan fingerprint density at radius 1 is 1.69 bits per heavy atom. The third-order valence-corrected chi connectivity index (χ3v) is 3.06. The van der Waals surface area contributed by atoms with Crippen LogP contribution in [-0.4, -0.2) is 30.0 Å². The van der Waals surface area contributed by atoms with Crippen LogP contribution in [0.1, 0.15) is 29.6 Å². The highest BCUT2D eigenvalue weighted by Gasteiger charge is 2.24. The zero-order valence-corrected chi connectivity index (χ0v) is 9.62. The van der Waals surface area contributed by atoms with Crippen LogP contribution in [0.4, 0.5) is 0 Å². The van der Waals surface area contributed by atoms with Gasteiger partial charge in [-0.05, 0) is 32.4 Å². The van der Waals surface area contributed by atoms with Crippen LogP contribution in [0.25, 0.3) is 0 Å². The van der Waals surface area contributed by atoms with Gasteiger partial charge in [-0.15, -0.1) is 0 Å². The number of amides is 1. The van der Waals surface area contributed by atoms with Crippen LogP contribution in [0.5, 0.6) is 0 Å². The van der Waals surface area contributed by atoms with Gasteiger partial charge in [-0.2, -0.15) is 0 Å². The van der Waals surface area contributed by atoms with E-state index in [2.05, 4.69) is 22.5 Å². The normalized spacial score (nSPS) is 25.4. The number of nitrogens with one attached hydrogen (secondary N) is 2. The number of rotatable bonds is 2. The number of hydrogen-bond donors (Lipinski definition) is 2. The first-order valence-electron chi connectivity index (χ1n) is 5.60. The molecule has 0 saturated carbocycles. The second-order valence-electron chi connectivity index (χ2n) is 4.31. The van der Waals surface area contributed by atoms with E-state index in [-0.39, 0.29) is 11.9 Å².